The standard InChI is InChI=1S/C25H25N3O/c1-18-13-14-19(2)23(15-18)24-21-11-7-8-12-22(21)25(29)28(26-24)17-27(3)16-20-9-5-4-6-10-20/h4-15H,16-17H2,1-3H3. The molecule has 146 valence electrons. The summed E-state index contributed by atoms with van der Waals surface area (Å²) in [4.78, 5) is 15.2. The monoisotopic (exact) mass is 383 g/mol. The minimum Gasteiger partial charge on any atom is -0.283 e. The van der Waals surface area contributed by atoms with Crippen LogP contribution in [0.3, 0.4) is 0 Å². The highest BCUT2D eigenvalue weighted by Gasteiger charge is 2.15. The topological polar surface area (TPSA) is 38.1 Å². The summed E-state index contributed by atoms with van der Waals surface area (Å²) in [5.74, 6) is 0. The van der Waals surface area contributed by atoms with E-state index in [-0.39, 0.29) is 5.56 Å². The molecule has 0 saturated carbocycles. The predicted octanol–water partition coefficient (Wildman–Crippen LogP) is 4.77. The van der Waals surface area contributed by atoms with E-state index in [1.165, 1.54) is 11.1 Å². The zero-order valence-corrected chi connectivity index (χ0v) is 17.1. The predicted molar refractivity (Wildman–Crippen MR) is 119 cm³/mol. The Balaban J connectivity index is 1.80. The molecule has 0 radical (unpaired) electrons. The first-order valence-corrected chi connectivity index (χ1v) is 9.83. The number of hydrogen-bond donors (Lipinski definition) is 0. The van der Waals surface area contributed by atoms with E-state index in [4.69, 9.17) is 5.10 Å². The van der Waals surface area contributed by atoms with Crippen LogP contribution in [-0.2, 0) is 13.2 Å². The largest absolute Gasteiger partial charge is 0.283 e. The van der Waals surface area contributed by atoms with Gasteiger partial charge in [0.05, 0.1) is 17.7 Å². The summed E-state index contributed by atoms with van der Waals surface area (Å²) in [6.07, 6.45) is 0. The third kappa shape index (κ3) is 3.98. The van der Waals surface area contributed by atoms with Crippen molar-refractivity contribution in [1.29, 1.82) is 0 Å². The normalized spacial score (nSPS) is 11.3. The first-order chi connectivity index (χ1) is 14.0. The van der Waals surface area contributed by atoms with Gasteiger partial charge in [-0.1, -0.05) is 66.2 Å². The Kier molecular flexibility index (Phi) is 5.28. The summed E-state index contributed by atoms with van der Waals surface area (Å²) in [7, 11) is 2.01. The molecule has 0 N–H and O–H groups in total. The molecule has 4 nitrogen and oxygen atoms in total. The molecule has 0 spiro atoms. The van der Waals surface area contributed by atoms with E-state index in [1.807, 2.05) is 49.5 Å². The van der Waals surface area contributed by atoms with Crippen LogP contribution in [0.15, 0.2) is 77.6 Å². The van der Waals surface area contributed by atoms with Crippen LogP contribution in [0, 0.1) is 13.8 Å². The maximum Gasteiger partial charge on any atom is 0.275 e. The number of hydrogen-bond acceptors (Lipinski definition) is 3. The van der Waals surface area contributed by atoms with Gasteiger partial charge in [-0.05, 0) is 44.2 Å². The molecule has 0 amide bonds. The molecule has 0 aliphatic rings. The van der Waals surface area contributed by atoms with E-state index in [0.29, 0.717) is 12.1 Å². The van der Waals surface area contributed by atoms with Gasteiger partial charge in [0.1, 0.15) is 0 Å². The number of aromatic nitrogens is 2. The van der Waals surface area contributed by atoms with Crippen LogP contribution in [0.4, 0.5) is 0 Å². The highest BCUT2D eigenvalue weighted by Crippen LogP contribution is 2.28. The van der Waals surface area contributed by atoms with Crippen molar-refractivity contribution >= 4 is 10.8 Å². The summed E-state index contributed by atoms with van der Waals surface area (Å²) >= 11 is 0. The number of aryl methyl sites for hydroxylation is 2. The lowest BCUT2D eigenvalue weighted by Gasteiger charge is -2.19. The van der Waals surface area contributed by atoms with Crippen LogP contribution in [-0.4, -0.2) is 21.7 Å². The fourth-order valence-corrected chi connectivity index (χ4v) is 3.69. The third-order valence-electron chi connectivity index (χ3n) is 5.19. The van der Waals surface area contributed by atoms with Gasteiger partial charge in [0, 0.05) is 17.5 Å². The average Bonchev–Trinajstić information content (AvgIpc) is 2.73. The summed E-state index contributed by atoms with van der Waals surface area (Å²) < 4.78 is 1.59. The lowest BCUT2D eigenvalue weighted by molar-refractivity contribution is 0.241. The van der Waals surface area contributed by atoms with Crippen molar-refractivity contribution in [3.63, 3.8) is 0 Å². The molecule has 0 bridgehead atoms. The Morgan fingerprint density at radius 3 is 2.34 bits per heavy atom. The molecule has 1 heterocycles. The summed E-state index contributed by atoms with van der Waals surface area (Å²) in [6, 6.07) is 24.4. The summed E-state index contributed by atoms with van der Waals surface area (Å²) in [6.45, 7) is 5.34. The Morgan fingerprint density at radius 2 is 1.59 bits per heavy atom. The molecule has 4 heteroatoms. The van der Waals surface area contributed by atoms with E-state index < -0.39 is 0 Å². The van der Waals surface area contributed by atoms with Gasteiger partial charge in [0.25, 0.3) is 5.56 Å². The van der Waals surface area contributed by atoms with Gasteiger partial charge in [-0.15, -0.1) is 0 Å². The van der Waals surface area contributed by atoms with Gasteiger partial charge in [0.15, 0.2) is 0 Å². The molecule has 0 aliphatic carbocycles. The van der Waals surface area contributed by atoms with Crippen LogP contribution in [0.1, 0.15) is 16.7 Å². The molecule has 0 fully saturated rings. The van der Waals surface area contributed by atoms with Gasteiger partial charge >= 0.3 is 0 Å². The molecule has 1 aromatic heterocycles. The fraction of sp³-hybridized carbons (Fsp3) is 0.200. The highest BCUT2D eigenvalue weighted by atomic mass is 16.1. The molecular weight excluding hydrogens is 358 g/mol. The lowest BCUT2D eigenvalue weighted by atomic mass is 9.99. The van der Waals surface area contributed by atoms with E-state index >= 15 is 0 Å². The van der Waals surface area contributed by atoms with E-state index in [0.717, 1.165) is 28.8 Å². The van der Waals surface area contributed by atoms with Crippen molar-refractivity contribution < 1.29 is 0 Å². The molecule has 29 heavy (non-hydrogen) atoms. The fourth-order valence-electron chi connectivity index (χ4n) is 3.69. The Morgan fingerprint density at radius 1 is 0.897 bits per heavy atom. The first-order valence-electron chi connectivity index (χ1n) is 9.83. The van der Waals surface area contributed by atoms with Crippen molar-refractivity contribution in [2.45, 2.75) is 27.1 Å². The second kappa shape index (κ2) is 8.02. The van der Waals surface area contributed by atoms with Gasteiger partial charge in [-0.3, -0.25) is 9.69 Å². The van der Waals surface area contributed by atoms with E-state index in [9.17, 15) is 4.79 Å². The molecule has 4 rings (SSSR count). The maximum absolute atomic E-state index is 13.1. The van der Waals surface area contributed by atoms with Gasteiger partial charge in [0.2, 0.25) is 0 Å². The second-order valence-electron chi connectivity index (χ2n) is 7.66. The molecule has 0 saturated heterocycles. The lowest BCUT2D eigenvalue weighted by Crippen LogP contribution is -2.32. The Labute approximate surface area is 171 Å². The van der Waals surface area contributed by atoms with E-state index in [2.05, 4.69) is 49.1 Å². The summed E-state index contributed by atoms with van der Waals surface area (Å²) in [5.41, 5.74) is 5.40. The Bertz CT molecular complexity index is 1210. The second-order valence-corrected chi connectivity index (χ2v) is 7.66. The number of rotatable bonds is 5. The molecule has 4 aromatic rings. The minimum absolute atomic E-state index is 0.0606. The maximum atomic E-state index is 13.1. The van der Waals surface area contributed by atoms with Crippen LogP contribution >= 0.6 is 0 Å². The number of fused-ring (bicyclic) bond motifs is 1. The molecule has 0 atom stereocenters. The quantitative estimate of drug-likeness (QED) is 0.498. The van der Waals surface area contributed by atoms with Crippen molar-refractivity contribution in [3.8, 4) is 11.3 Å². The zero-order chi connectivity index (χ0) is 20.4. The van der Waals surface area contributed by atoms with Crippen LogP contribution < -0.4 is 5.56 Å². The molecular formula is C25H25N3O. The van der Waals surface area contributed by atoms with Crippen molar-refractivity contribution in [2.24, 2.45) is 0 Å². The smallest absolute Gasteiger partial charge is 0.275 e. The number of benzene rings is 3. The highest BCUT2D eigenvalue weighted by molar-refractivity contribution is 5.94. The number of nitrogens with zero attached hydrogens (tertiary/aromatic N) is 3. The Hall–Kier alpha value is -3.24. The van der Waals surface area contributed by atoms with Crippen LogP contribution in [0.2, 0.25) is 0 Å². The van der Waals surface area contributed by atoms with Gasteiger partial charge < -0.3 is 0 Å². The molecule has 0 unspecified atom stereocenters. The van der Waals surface area contributed by atoms with Crippen LogP contribution in [0.25, 0.3) is 22.0 Å². The molecule has 3 aromatic carbocycles. The van der Waals surface area contributed by atoms with Gasteiger partial charge in [-0.2, -0.15) is 5.10 Å². The van der Waals surface area contributed by atoms with Crippen LogP contribution in [0.5, 0.6) is 0 Å². The first kappa shape index (κ1) is 19.1. The van der Waals surface area contributed by atoms with E-state index in [1.54, 1.807) is 4.68 Å². The van der Waals surface area contributed by atoms with Crippen molar-refractivity contribution in [3.05, 3.63) is 99.8 Å². The summed E-state index contributed by atoms with van der Waals surface area (Å²) in [5, 5.41) is 6.41. The molecule has 0 aliphatic heterocycles. The van der Waals surface area contributed by atoms with Crippen molar-refractivity contribution in [1.82, 2.24) is 14.7 Å². The SMILES string of the molecule is Cc1ccc(C)c(-c2nn(CN(C)Cc3ccccc3)c(=O)c3ccccc23)c1. The van der Waals surface area contributed by atoms with Crippen molar-refractivity contribution in [2.75, 3.05) is 7.05 Å². The third-order valence-corrected chi connectivity index (χ3v) is 5.19. The zero-order valence-electron chi connectivity index (χ0n) is 17.1. The van der Waals surface area contributed by atoms with Gasteiger partial charge in [-0.25, -0.2) is 4.68 Å². The minimum atomic E-state index is -0.0606. The average molecular weight is 383 g/mol.